The van der Waals surface area contributed by atoms with Crippen molar-refractivity contribution in [2.24, 2.45) is 0 Å². The van der Waals surface area contributed by atoms with Gasteiger partial charge in [0.2, 0.25) is 0 Å². The Morgan fingerprint density at radius 1 is 1.44 bits per heavy atom. The van der Waals surface area contributed by atoms with Gasteiger partial charge in [0, 0.05) is 6.20 Å². The van der Waals surface area contributed by atoms with Crippen molar-refractivity contribution in [1.82, 2.24) is 9.55 Å². The van der Waals surface area contributed by atoms with Gasteiger partial charge in [-0.15, -0.1) is 0 Å². The summed E-state index contributed by atoms with van der Waals surface area (Å²) in [5.41, 5.74) is 0.825. The van der Waals surface area contributed by atoms with Crippen molar-refractivity contribution in [1.29, 1.82) is 0 Å². The summed E-state index contributed by atoms with van der Waals surface area (Å²) in [4.78, 5) is 26.6. The predicted octanol–water partition coefficient (Wildman–Crippen LogP) is 1.59. The van der Waals surface area contributed by atoms with Crippen molar-refractivity contribution in [3.8, 4) is 0 Å². The second kappa shape index (κ2) is 5.30. The molecule has 0 spiro atoms. The molecule has 0 saturated carbocycles. The molecule has 5 nitrogen and oxygen atoms in total. The molecule has 1 aromatic heterocycles. The van der Waals surface area contributed by atoms with Gasteiger partial charge < -0.3 is 5.11 Å². The Bertz CT molecular complexity index is 652. The SMILES string of the molecule is O=C(O)c1cccc(Cn2cncc(I)c2=O)c1. The van der Waals surface area contributed by atoms with Crippen LogP contribution in [0.25, 0.3) is 0 Å². The molecule has 0 saturated heterocycles. The zero-order valence-electron chi connectivity index (χ0n) is 9.21. The summed E-state index contributed by atoms with van der Waals surface area (Å²) in [5, 5.41) is 8.89. The molecular formula is C12H9IN2O3. The first-order valence-electron chi connectivity index (χ1n) is 5.10. The molecule has 92 valence electrons. The second-order valence-electron chi connectivity index (χ2n) is 3.68. The van der Waals surface area contributed by atoms with Gasteiger partial charge in [-0.1, -0.05) is 12.1 Å². The molecule has 18 heavy (non-hydrogen) atoms. The molecule has 0 aliphatic carbocycles. The van der Waals surface area contributed by atoms with E-state index < -0.39 is 5.97 Å². The first-order valence-corrected chi connectivity index (χ1v) is 6.18. The van der Waals surface area contributed by atoms with Crippen LogP contribution >= 0.6 is 22.6 Å². The van der Waals surface area contributed by atoms with Crippen LogP contribution in [0.2, 0.25) is 0 Å². The molecule has 0 bridgehead atoms. The van der Waals surface area contributed by atoms with Crippen LogP contribution in [-0.2, 0) is 6.54 Å². The van der Waals surface area contributed by atoms with Gasteiger partial charge in [-0.05, 0) is 40.3 Å². The Morgan fingerprint density at radius 2 is 2.22 bits per heavy atom. The topological polar surface area (TPSA) is 72.2 Å². The molecule has 0 fully saturated rings. The van der Waals surface area contributed by atoms with E-state index in [1.54, 1.807) is 18.2 Å². The van der Waals surface area contributed by atoms with Crippen LogP contribution in [0.3, 0.4) is 0 Å². The van der Waals surface area contributed by atoms with Gasteiger partial charge in [-0.3, -0.25) is 9.36 Å². The van der Waals surface area contributed by atoms with E-state index in [1.807, 2.05) is 22.6 Å². The molecule has 0 unspecified atom stereocenters. The number of halogens is 1. The monoisotopic (exact) mass is 356 g/mol. The van der Waals surface area contributed by atoms with E-state index in [9.17, 15) is 9.59 Å². The lowest BCUT2D eigenvalue weighted by Gasteiger charge is -2.06. The number of hydrogen-bond donors (Lipinski definition) is 1. The summed E-state index contributed by atoms with van der Waals surface area (Å²) in [5.74, 6) is -0.982. The lowest BCUT2D eigenvalue weighted by molar-refractivity contribution is 0.0696. The maximum atomic E-state index is 11.8. The van der Waals surface area contributed by atoms with Crippen LogP contribution in [0.1, 0.15) is 15.9 Å². The van der Waals surface area contributed by atoms with Crippen LogP contribution in [0.4, 0.5) is 0 Å². The van der Waals surface area contributed by atoms with E-state index in [0.29, 0.717) is 10.1 Å². The molecule has 1 aromatic carbocycles. The van der Waals surface area contributed by atoms with Crippen molar-refractivity contribution in [2.45, 2.75) is 6.54 Å². The number of benzene rings is 1. The van der Waals surface area contributed by atoms with Crippen molar-refractivity contribution in [2.75, 3.05) is 0 Å². The highest BCUT2D eigenvalue weighted by Crippen LogP contribution is 2.06. The van der Waals surface area contributed by atoms with Crippen LogP contribution in [0.15, 0.2) is 41.6 Å². The molecule has 6 heteroatoms. The molecule has 2 rings (SSSR count). The molecule has 0 radical (unpaired) electrons. The highest BCUT2D eigenvalue weighted by atomic mass is 127. The van der Waals surface area contributed by atoms with Gasteiger partial charge in [-0.2, -0.15) is 0 Å². The van der Waals surface area contributed by atoms with Crippen LogP contribution in [-0.4, -0.2) is 20.6 Å². The maximum Gasteiger partial charge on any atom is 0.335 e. The van der Waals surface area contributed by atoms with Crippen LogP contribution in [0, 0.1) is 3.57 Å². The zero-order chi connectivity index (χ0) is 13.1. The third kappa shape index (κ3) is 2.76. The Hall–Kier alpha value is -1.70. The average molecular weight is 356 g/mol. The zero-order valence-corrected chi connectivity index (χ0v) is 11.4. The quantitative estimate of drug-likeness (QED) is 0.848. The van der Waals surface area contributed by atoms with Gasteiger partial charge in [0.25, 0.3) is 5.56 Å². The molecule has 1 N–H and O–H groups in total. The van der Waals surface area contributed by atoms with Crippen molar-refractivity contribution >= 4 is 28.6 Å². The van der Waals surface area contributed by atoms with Gasteiger partial charge in [-0.25, -0.2) is 9.78 Å². The normalized spacial score (nSPS) is 10.3. The summed E-state index contributed by atoms with van der Waals surface area (Å²) in [7, 11) is 0. The Kier molecular flexibility index (Phi) is 3.75. The molecule has 0 aliphatic heterocycles. The fourth-order valence-electron chi connectivity index (χ4n) is 1.54. The van der Waals surface area contributed by atoms with Crippen molar-refractivity contribution in [3.63, 3.8) is 0 Å². The van der Waals surface area contributed by atoms with Crippen LogP contribution in [0.5, 0.6) is 0 Å². The number of nitrogens with zero attached hydrogens (tertiary/aromatic N) is 2. The summed E-state index contributed by atoms with van der Waals surface area (Å²) >= 11 is 1.92. The average Bonchev–Trinajstić information content (AvgIpc) is 2.35. The Morgan fingerprint density at radius 3 is 2.94 bits per heavy atom. The number of aromatic carboxylic acids is 1. The summed E-state index contributed by atoms with van der Waals surface area (Å²) in [6.45, 7) is 0.309. The Labute approximate surface area is 116 Å². The lowest BCUT2D eigenvalue weighted by Crippen LogP contribution is -2.23. The lowest BCUT2D eigenvalue weighted by atomic mass is 10.1. The molecule has 1 heterocycles. The summed E-state index contributed by atoms with van der Waals surface area (Å²) in [6.07, 6.45) is 2.94. The summed E-state index contributed by atoms with van der Waals surface area (Å²) < 4.78 is 1.98. The number of hydrogen-bond acceptors (Lipinski definition) is 3. The van der Waals surface area contributed by atoms with E-state index in [4.69, 9.17) is 5.11 Å². The Balaban J connectivity index is 2.34. The van der Waals surface area contributed by atoms with E-state index in [0.717, 1.165) is 5.56 Å². The van der Waals surface area contributed by atoms with Crippen LogP contribution < -0.4 is 5.56 Å². The first kappa shape index (κ1) is 12.7. The third-order valence-corrected chi connectivity index (χ3v) is 3.13. The predicted molar refractivity (Wildman–Crippen MR) is 73.7 cm³/mol. The van der Waals surface area contributed by atoms with Gasteiger partial charge in [0.15, 0.2) is 0 Å². The smallest absolute Gasteiger partial charge is 0.335 e. The fourth-order valence-corrected chi connectivity index (χ4v) is 2.01. The molecule has 0 atom stereocenters. The second-order valence-corrected chi connectivity index (χ2v) is 4.84. The minimum atomic E-state index is -0.982. The fraction of sp³-hybridized carbons (Fsp3) is 0.0833. The molecule has 2 aromatic rings. The van der Waals surface area contributed by atoms with Crippen molar-refractivity contribution < 1.29 is 9.90 Å². The van der Waals surface area contributed by atoms with E-state index in [2.05, 4.69) is 4.98 Å². The number of carboxylic acids is 1. The number of carbonyl (C=O) groups is 1. The molecular weight excluding hydrogens is 347 g/mol. The van der Waals surface area contributed by atoms with Gasteiger partial charge in [0.1, 0.15) is 0 Å². The van der Waals surface area contributed by atoms with E-state index >= 15 is 0 Å². The standard InChI is InChI=1S/C12H9IN2O3/c13-10-5-14-7-15(11(10)16)6-8-2-1-3-9(4-8)12(17)18/h1-5,7H,6H2,(H,17,18). The molecule has 0 amide bonds. The molecule has 0 aliphatic rings. The third-order valence-electron chi connectivity index (χ3n) is 2.39. The first-order chi connectivity index (χ1) is 8.58. The number of rotatable bonds is 3. The largest absolute Gasteiger partial charge is 0.478 e. The van der Waals surface area contributed by atoms with Gasteiger partial charge >= 0.3 is 5.97 Å². The highest BCUT2D eigenvalue weighted by Gasteiger charge is 2.05. The highest BCUT2D eigenvalue weighted by molar-refractivity contribution is 14.1. The van der Waals surface area contributed by atoms with E-state index in [1.165, 1.54) is 23.2 Å². The van der Waals surface area contributed by atoms with Crippen molar-refractivity contribution in [3.05, 3.63) is 61.8 Å². The van der Waals surface area contributed by atoms with Gasteiger partial charge in [0.05, 0.1) is 22.0 Å². The number of aromatic nitrogens is 2. The minimum Gasteiger partial charge on any atom is -0.478 e. The van der Waals surface area contributed by atoms with E-state index in [-0.39, 0.29) is 11.1 Å². The maximum absolute atomic E-state index is 11.8. The minimum absolute atomic E-state index is 0.133. The summed E-state index contributed by atoms with van der Waals surface area (Å²) in [6, 6.07) is 6.50. The number of carboxylic acid groups (broad SMARTS) is 1.